The molecule has 0 amide bonds. The first kappa shape index (κ1) is 12.6. The Morgan fingerprint density at radius 3 is 2.78 bits per heavy atom. The number of hydrogen-bond acceptors (Lipinski definition) is 2. The van der Waals surface area contributed by atoms with Crippen molar-refractivity contribution < 1.29 is 4.74 Å². The quantitative estimate of drug-likeness (QED) is 0.663. The third-order valence-corrected chi connectivity index (χ3v) is 5.13. The number of benzene rings is 1. The predicted molar refractivity (Wildman–Crippen MR) is 77.6 cm³/mol. The molecule has 0 N–H and O–H groups in total. The van der Waals surface area contributed by atoms with Crippen LogP contribution in [0, 0.1) is 0 Å². The van der Waals surface area contributed by atoms with Crippen LogP contribution in [0.15, 0.2) is 30.3 Å². The highest BCUT2D eigenvalue weighted by atomic mass is 35.5. The van der Waals surface area contributed by atoms with Gasteiger partial charge in [-0.15, -0.1) is 22.9 Å². The fourth-order valence-corrected chi connectivity index (χ4v) is 4.24. The van der Waals surface area contributed by atoms with Gasteiger partial charge >= 0.3 is 0 Å². The van der Waals surface area contributed by atoms with Gasteiger partial charge in [0.25, 0.3) is 0 Å². The number of thiophene rings is 1. The molecule has 0 spiro atoms. The standard InChI is InChI=1S/C13H9Cl3OS/c14-11-5-8(13(16)18-11)12(15)9-6-17-10-4-2-1-3-7(9)10/h1-5,9,12H,6H2. The molecular formula is C13H9Cl3OS. The van der Waals surface area contributed by atoms with Crippen molar-refractivity contribution in [2.24, 2.45) is 0 Å². The van der Waals surface area contributed by atoms with Gasteiger partial charge in [-0.25, -0.2) is 0 Å². The van der Waals surface area contributed by atoms with Crippen LogP contribution in [0.2, 0.25) is 8.67 Å². The van der Waals surface area contributed by atoms with Gasteiger partial charge in [0.2, 0.25) is 0 Å². The van der Waals surface area contributed by atoms with E-state index in [1.807, 2.05) is 30.3 Å². The molecule has 0 fully saturated rings. The number of fused-ring (bicyclic) bond motifs is 1. The van der Waals surface area contributed by atoms with Crippen molar-refractivity contribution in [2.45, 2.75) is 11.3 Å². The third-order valence-electron chi connectivity index (χ3n) is 3.07. The van der Waals surface area contributed by atoms with Crippen LogP contribution >= 0.6 is 46.1 Å². The first-order chi connectivity index (χ1) is 8.66. The molecule has 94 valence electrons. The van der Waals surface area contributed by atoms with Crippen molar-refractivity contribution in [1.29, 1.82) is 0 Å². The summed E-state index contributed by atoms with van der Waals surface area (Å²) in [4.78, 5) is 0. The lowest BCUT2D eigenvalue weighted by molar-refractivity contribution is 0.328. The summed E-state index contributed by atoms with van der Waals surface area (Å²) in [5.41, 5.74) is 2.02. The molecule has 5 heteroatoms. The van der Waals surface area contributed by atoms with Gasteiger partial charge in [0.05, 0.1) is 20.7 Å². The van der Waals surface area contributed by atoms with Crippen molar-refractivity contribution >= 4 is 46.1 Å². The van der Waals surface area contributed by atoms with Gasteiger partial charge in [-0.2, -0.15) is 0 Å². The van der Waals surface area contributed by atoms with Crippen molar-refractivity contribution in [3.8, 4) is 5.75 Å². The maximum absolute atomic E-state index is 6.54. The average molecular weight is 320 g/mol. The van der Waals surface area contributed by atoms with Crippen LogP contribution in [-0.2, 0) is 0 Å². The Bertz CT molecular complexity index is 581. The van der Waals surface area contributed by atoms with Gasteiger partial charge < -0.3 is 4.74 Å². The summed E-state index contributed by atoms with van der Waals surface area (Å²) in [6.45, 7) is 0.581. The largest absolute Gasteiger partial charge is 0.493 e. The van der Waals surface area contributed by atoms with Crippen LogP contribution in [0.1, 0.15) is 22.4 Å². The molecule has 2 atom stereocenters. The van der Waals surface area contributed by atoms with Crippen LogP contribution in [-0.4, -0.2) is 6.61 Å². The Labute approximate surface area is 124 Å². The predicted octanol–water partition coefficient (Wildman–Crippen LogP) is 5.51. The first-order valence-electron chi connectivity index (χ1n) is 5.47. The summed E-state index contributed by atoms with van der Waals surface area (Å²) in [5.74, 6) is 1.02. The summed E-state index contributed by atoms with van der Waals surface area (Å²) in [5, 5.41) is -0.218. The van der Waals surface area contributed by atoms with Gasteiger partial charge in [-0.1, -0.05) is 41.4 Å². The van der Waals surface area contributed by atoms with Crippen LogP contribution in [0.3, 0.4) is 0 Å². The van der Waals surface area contributed by atoms with Crippen molar-refractivity contribution in [3.63, 3.8) is 0 Å². The molecule has 0 aliphatic carbocycles. The molecule has 0 saturated heterocycles. The molecule has 3 rings (SSSR count). The molecule has 1 nitrogen and oxygen atoms in total. The molecule has 2 heterocycles. The van der Waals surface area contributed by atoms with E-state index in [4.69, 9.17) is 39.5 Å². The minimum Gasteiger partial charge on any atom is -0.493 e. The minimum absolute atomic E-state index is 0.117. The lowest BCUT2D eigenvalue weighted by atomic mass is 9.94. The Morgan fingerprint density at radius 2 is 2.06 bits per heavy atom. The second-order valence-corrected chi connectivity index (χ2v) is 6.89. The molecule has 18 heavy (non-hydrogen) atoms. The highest BCUT2D eigenvalue weighted by molar-refractivity contribution is 7.20. The molecule has 1 aliphatic rings. The lowest BCUT2D eigenvalue weighted by Gasteiger charge is -2.15. The molecule has 2 unspecified atom stereocenters. The van der Waals surface area contributed by atoms with Crippen LogP contribution in [0.25, 0.3) is 0 Å². The van der Waals surface area contributed by atoms with Crippen molar-refractivity contribution in [2.75, 3.05) is 6.61 Å². The van der Waals surface area contributed by atoms with Crippen molar-refractivity contribution in [3.05, 3.63) is 50.1 Å². The number of hydrogen-bond donors (Lipinski definition) is 0. The van der Waals surface area contributed by atoms with Crippen LogP contribution in [0.4, 0.5) is 0 Å². The van der Waals surface area contributed by atoms with Crippen LogP contribution < -0.4 is 4.74 Å². The zero-order valence-electron chi connectivity index (χ0n) is 9.20. The molecule has 1 aliphatic heterocycles. The summed E-state index contributed by atoms with van der Waals surface area (Å²) in [6.07, 6.45) is 0. The van der Waals surface area contributed by atoms with Crippen molar-refractivity contribution in [1.82, 2.24) is 0 Å². The monoisotopic (exact) mass is 318 g/mol. The van der Waals surface area contributed by atoms with E-state index in [1.54, 1.807) is 0 Å². The van der Waals surface area contributed by atoms with Gasteiger partial charge in [0, 0.05) is 17.0 Å². The van der Waals surface area contributed by atoms with Crippen LogP contribution in [0.5, 0.6) is 5.75 Å². The number of alkyl halides is 1. The van der Waals surface area contributed by atoms with E-state index in [-0.39, 0.29) is 11.3 Å². The van der Waals surface area contributed by atoms with Gasteiger partial charge in [-0.3, -0.25) is 0 Å². The highest BCUT2D eigenvalue weighted by Gasteiger charge is 2.32. The number of halogens is 3. The summed E-state index contributed by atoms with van der Waals surface area (Å²) in [7, 11) is 0. The normalized spacial score (nSPS) is 19.4. The maximum atomic E-state index is 6.54. The zero-order chi connectivity index (χ0) is 12.7. The summed E-state index contributed by atoms with van der Waals surface area (Å²) >= 11 is 20.0. The molecule has 0 saturated carbocycles. The SMILES string of the molecule is Clc1cc(C(Cl)C2COc3ccccc32)c(Cl)s1. The van der Waals surface area contributed by atoms with E-state index in [2.05, 4.69) is 0 Å². The highest BCUT2D eigenvalue weighted by Crippen LogP contribution is 2.48. The van der Waals surface area contributed by atoms with E-state index in [1.165, 1.54) is 11.3 Å². The molecule has 1 aromatic heterocycles. The Hall–Kier alpha value is -0.410. The minimum atomic E-state index is -0.218. The number of rotatable bonds is 2. The maximum Gasteiger partial charge on any atom is 0.122 e. The van der Waals surface area contributed by atoms with E-state index in [0.29, 0.717) is 15.3 Å². The Balaban J connectivity index is 1.95. The second-order valence-electron chi connectivity index (χ2n) is 4.14. The Kier molecular flexibility index (Phi) is 3.46. The van der Waals surface area contributed by atoms with E-state index >= 15 is 0 Å². The molecule has 0 bridgehead atoms. The molecule has 0 radical (unpaired) electrons. The fraction of sp³-hybridized carbons (Fsp3) is 0.231. The molecule has 1 aromatic carbocycles. The molecular weight excluding hydrogens is 311 g/mol. The van der Waals surface area contributed by atoms with Gasteiger partial charge in [0.15, 0.2) is 0 Å². The average Bonchev–Trinajstić information content (AvgIpc) is 2.92. The third kappa shape index (κ3) is 2.12. The first-order valence-corrected chi connectivity index (χ1v) is 7.48. The zero-order valence-corrected chi connectivity index (χ0v) is 12.3. The second kappa shape index (κ2) is 4.93. The van der Waals surface area contributed by atoms with Gasteiger partial charge in [0.1, 0.15) is 5.75 Å². The van der Waals surface area contributed by atoms with E-state index in [9.17, 15) is 0 Å². The lowest BCUT2D eigenvalue weighted by Crippen LogP contribution is -2.07. The van der Waals surface area contributed by atoms with Gasteiger partial charge in [-0.05, 0) is 12.1 Å². The summed E-state index contributed by atoms with van der Waals surface area (Å²) in [6, 6.07) is 9.80. The topological polar surface area (TPSA) is 9.23 Å². The number of para-hydroxylation sites is 1. The number of ether oxygens (including phenoxy) is 1. The van der Waals surface area contributed by atoms with E-state index in [0.717, 1.165) is 16.9 Å². The smallest absolute Gasteiger partial charge is 0.122 e. The summed E-state index contributed by atoms with van der Waals surface area (Å²) < 4.78 is 6.96. The molecule has 2 aromatic rings. The van der Waals surface area contributed by atoms with E-state index < -0.39 is 0 Å². The Morgan fingerprint density at radius 1 is 1.28 bits per heavy atom. The fourth-order valence-electron chi connectivity index (χ4n) is 2.19.